The SMILES string of the molecule is O=Cc1ccc2c(c1)c1cc(C=O)ccc1n2-c1ccc(-c2c(-c3ccccc3)c(-c3ccccc3)c(-c3ccccc3)c(-c3ccccc3)c2-c2ccccc2)cc1.c1ccc(-c2c(-c3ccccc3)c(-c3ccccc3)c(-c3ccc(-n4c5ccccc5c5ccccc54)cc3)c(-c3ccccc3)c2-c2ccccc2)cc1. The number of nitrogens with zero attached hydrogens (tertiary/aromatic N) is 2. The van der Waals surface area contributed by atoms with Gasteiger partial charge in [0.05, 0.1) is 22.1 Å². The standard InChI is InChI=1S/C56H37NO2.C54H37N/c58-36-38-26-32-49-47(34-38)48-35-39(37-59)27-33-50(48)57(49)46-30-28-45(29-31-46)56-54(43-22-12-4-13-23-43)52(41-18-8-2-9-19-41)51(40-16-6-1-7-17-40)53(42-20-10-3-11-21-42)55(56)44-24-14-5-15-25-44;1-6-20-38(21-7-1)49-50(39-22-8-2-9-23-39)52(41-26-12-4-13-27-41)54(53(42-28-14-5-15-29-42)51(49)40-24-10-3-11-25-40)43-34-36-44(37-35-43)55-47-32-18-16-30-45(47)46-31-17-19-33-48(46)55/h1-37H;1-37H. The molecule has 0 unspecified atom stereocenters. The summed E-state index contributed by atoms with van der Waals surface area (Å²) in [5, 5.41) is 4.37. The van der Waals surface area contributed by atoms with Gasteiger partial charge in [-0.05, 0) is 206 Å². The Kier molecular flexibility index (Phi) is 18.7. The zero-order chi connectivity index (χ0) is 76.3. The first-order valence-corrected chi connectivity index (χ1v) is 38.8. The first-order valence-electron chi connectivity index (χ1n) is 38.8. The molecular formula is C110H74N2O2. The largest absolute Gasteiger partial charge is 0.309 e. The van der Waals surface area contributed by atoms with E-state index >= 15 is 0 Å². The molecule has 0 saturated heterocycles. The molecular weight excluding hydrogens is 1380 g/mol. The van der Waals surface area contributed by atoms with E-state index in [1.54, 1.807) is 0 Å². The van der Waals surface area contributed by atoms with E-state index in [2.05, 4.69) is 410 Å². The van der Waals surface area contributed by atoms with Gasteiger partial charge in [-0.25, -0.2) is 0 Å². The summed E-state index contributed by atoms with van der Waals surface area (Å²) in [7, 11) is 0. The molecule has 2 aromatic heterocycles. The summed E-state index contributed by atoms with van der Waals surface area (Å²) in [6, 6.07) is 156. The number of aldehydes is 2. The number of rotatable bonds is 16. The van der Waals surface area contributed by atoms with Crippen LogP contribution in [0.3, 0.4) is 0 Å². The van der Waals surface area contributed by atoms with Crippen molar-refractivity contribution >= 4 is 56.2 Å². The van der Waals surface area contributed by atoms with Crippen LogP contribution < -0.4 is 0 Å². The minimum Gasteiger partial charge on any atom is -0.309 e. The fourth-order valence-corrected chi connectivity index (χ4v) is 17.3. The van der Waals surface area contributed by atoms with E-state index in [0.29, 0.717) is 11.1 Å². The number of fused-ring (bicyclic) bond motifs is 6. The minimum atomic E-state index is 0.590. The Morgan fingerprint density at radius 3 is 0.509 bits per heavy atom. The van der Waals surface area contributed by atoms with Gasteiger partial charge in [0.25, 0.3) is 0 Å². The maximum atomic E-state index is 11.9. The molecule has 0 bridgehead atoms. The van der Waals surface area contributed by atoms with Crippen molar-refractivity contribution in [2.24, 2.45) is 0 Å². The highest BCUT2D eigenvalue weighted by Crippen LogP contribution is 2.58. The molecule has 0 amide bonds. The molecule has 20 rings (SSSR count). The Morgan fingerprint density at radius 1 is 0.149 bits per heavy atom. The van der Waals surface area contributed by atoms with Crippen molar-refractivity contribution in [2.45, 2.75) is 0 Å². The van der Waals surface area contributed by atoms with Crippen molar-refractivity contribution < 1.29 is 9.59 Å². The third kappa shape index (κ3) is 12.7. The van der Waals surface area contributed by atoms with Crippen molar-refractivity contribution in [1.29, 1.82) is 0 Å². The summed E-state index contributed by atoms with van der Waals surface area (Å²) in [6.07, 6.45) is 1.73. The average Bonchev–Trinajstić information content (AvgIpc) is 0.994. The van der Waals surface area contributed by atoms with Crippen LogP contribution in [0.25, 0.3) is 189 Å². The van der Waals surface area contributed by atoms with Crippen molar-refractivity contribution in [3.8, 4) is 145 Å². The van der Waals surface area contributed by atoms with Gasteiger partial charge < -0.3 is 9.13 Å². The van der Waals surface area contributed by atoms with E-state index in [0.717, 1.165) is 101 Å². The lowest BCUT2D eigenvalue weighted by atomic mass is 9.74. The van der Waals surface area contributed by atoms with Gasteiger partial charge in [0.15, 0.2) is 0 Å². The highest BCUT2D eigenvalue weighted by atomic mass is 16.1. The third-order valence-corrected chi connectivity index (χ3v) is 22.1. The summed E-state index contributed by atoms with van der Waals surface area (Å²) in [4.78, 5) is 23.8. The molecule has 0 radical (unpaired) electrons. The fraction of sp³-hybridized carbons (Fsp3) is 0. The number of carbonyl (C=O) groups is 2. The number of hydrogen-bond donors (Lipinski definition) is 0. The van der Waals surface area contributed by atoms with Crippen LogP contribution in [0.4, 0.5) is 0 Å². The van der Waals surface area contributed by atoms with Crippen LogP contribution in [0.2, 0.25) is 0 Å². The quantitative estimate of drug-likeness (QED) is 0.0905. The first kappa shape index (κ1) is 69.4. The highest BCUT2D eigenvalue weighted by Gasteiger charge is 2.32. The molecule has 0 N–H and O–H groups in total. The number of carbonyl (C=O) groups excluding carboxylic acids is 2. The van der Waals surface area contributed by atoms with Crippen LogP contribution in [-0.2, 0) is 0 Å². The molecule has 4 heteroatoms. The molecule has 0 atom stereocenters. The summed E-state index contributed by atoms with van der Waals surface area (Å²) in [5.41, 5.74) is 35.7. The van der Waals surface area contributed by atoms with Gasteiger partial charge in [-0.1, -0.05) is 364 Å². The van der Waals surface area contributed by atoms with Gasteiger partial charge in [-0.3, -0.25) is 9.59 Å². The molecule has 0 spiro atoms. The number of hydrogen-bond acceptors (Lipinski definition) is 2. The highest BCUT2D eigenvalue weighted by molar-refractivity contribution is 6.18. The predicted molar refractivity (Wildman–Crippen MR) is 478 cm³/mol. The van der Waals surface area contributed by atoms with Crippen molar-refractivity contribution in [2.75, 3.05) is 0 Å². The molecule has 0 aliphatic heterocycles. The first-order chi connectivity index (χ1) is 56.6. The molecule has 4 nitrogen and oxygen atoms in total. The van der Waals surface area contributed by atoms with Crippen LogP contribution in [0.1, 0.15) is 20.7 Å². The number of aromatic nitrogens is 2. The van der Waals surface area contributed by atoms with Crippen LogP contribution in [0.15, 0.2) is 437 Å². The summed E-state index contributed by atoms with van der Waals surface area (Å²) in [5.74, 6) is 0. The molecule has 18 aromatic carbocycles. The zero-order valence-corrected chi connectivity index (χ0v) is 62.4. The summed E-state index contributed by atoms with van der Waals surface area (Å²) in [6.45, 7) is 0. The lowest BCUT2D eigenvalue weighted by Crippen LogP contribution is -2.02. The predicted octanol–water partition coefficient (Wildman–Crippen LogP) is 29.2. The van der Waals surface area contributed by atoms with Gasteiger partial charge in [0.1, 0.15) is 12.6 Å². The van der Waals surface area contributed by atoms with Gasteiger partial charge in [0.2, 0.25) is 0 Å². The van der Waals surface area contributed by atoms with Gasteiger partial charge >= 0.3 is 0 Å². The minimum absolute atomic E-state index is 0.590. The second kappa shape index (κ2) is 30.7. The van der Waals surface area contributed by atoms with E-state index in [9.17, 15) is 9.59 Å². The van der Waals surface area contributed by atoms with Crippen molar-refractivity contribution in [1.82, 2.24) is 9.13 Å². The Balaban J connectivity index is 0.000000153. The molecule has 20 aromatic rings. The topological polar surface area (TPSA) is 44.0 Å². The zero-order valence-electron chi connectivity index (χ0n) is 62.4. The van der Waals surface area contributed by atoms with Crippen molar-refractivity contribution in [3.05, 3.63) is 448 Å². The summed E-state index contributed by atoms with van der Waals surface area (Å²) >= 11 is 0. The molecule has 0 fully saturated rings. The van der Waals surface area contributed by atoms with Gasteiger partial charge in [-0.15, -0.1) is 0 Å². The van der Waals surface area contributed by atoms with Gasteiger partial charge in [-0.2, -0.15) is 0 Å². The lowest BCUT2D eigenvalue weighted by molar-refractivity contribution is 0.111. The molecule has 536 valence electrons. The Labute approximate surface area is 663 Å². The Bertz CT molecular complexity index is 6560. The monoisotopic (exact) mass is 1450 g/mol. The number of benzene rings is 18. The van der Waals surface area contributed by atoms with Crippen LogP contribution >= 0.6 is 0 Å². The lowest BCUT2D eigenvalue weighted by Gasteiger charge is -2.29. The number of para-hydroxylation sites is 2. The molecule has 114 heavy (non-hydrogen) atoms. The maximum absolute atomic E-state index is 11.9. The molecule has 0 aliphatic rings. The van der Waals surface area contributed by atoms with Crippen molar-refractivity contribution in [3.63, 3.8) is 0 Å². The van der Waals surface area contributed by atoms with E-state index in [4.69, 9.17) is 0 Å². The van der Waals surface area contributed by atoms with E-state index in [1.165, 1.54) is 99.7 Å². The Hall–Kier alpha value is -15.1. The average molecular weight is 1460 g/mol. The van der Waals surface area contributed by atoms with E-state index in [-0.39, 0.29) is 0 Å². The molecule has 2 heterocycles. The fourth-order valence-electron chi connectivity index (χ4n) is 17.3. The van der Waals surface area contributed by atoms with E-state index < -0.39 is 0 Å². The van der Waals surface area contributed by atoms with Crippen LogP contribution in [-0.4, -0.2) is 21.7 Å². The second-order valence-corrected chi connectivity index (χ2v) is 28.7. The van der Waals surface area contributed by atoms with Crippen LogP contribution in [0, 0.1) is 0 Å². The smallest absolute Gasteiger partial charge is 0.150 e. The summed E-state index contributed by atoms with van der Waals surface area (Å²) < 4.78 is 4.62. The van der Waals surface area contributed by atoms with Crippen LogP contribution in [0.5, 0.6) is 0 Å². The molecule has 0 saturated carbocycles. The van der Waals surface area contributed by atoms with E-state index in [1.807, 2.05) is 36.4 Å². The third-order valence-electron chi connectivity index (χ3n) is 22.1. The maximum Gasteiger partial charge on any atom is 0.150 e. The molecule has 0 aliphatic carbocycles. The van der Waals surface area contributed by atoms with Gasteiger partial charge in [0, 0.05) is 44.0 Å². The second-order valence-electron chi connectivity index (χ2n) is 28.7. The Morgan fingerprint density at radius 2 is 0.316 bits per heavy atom. The normalized spacial score (nSPS) is 11.2.